The monoisotopic (exact) mass is 325 g/mol. The Labute approximate surface area is 142 Å². The Morgan fingerprint density at radius 2 is 2.04 bits per heavy atom. The van der Waals surface area contributed by atoms with Crippen LogP contribution in [0.4, 0.5) is 0 Å². The number of nitrogens with one attached hydrogen (secondary N) is 1. The maximum Gasteiger partial charge on any atom is 0.231 e. The fourth-order valence-corrected chi connectivity index (χ4v) is 2.68. The first kappa shape index (κ1) is 16.4. The first-order valence-corrected chi connectivity index (χ1v) is 8.23. The van der Waals surface area contributed by atoms with E-state index in [9.17, 15) is 0 Å². The van der Waals surface area contributed by atoms with Gasteiger partial charge in [0.25, 0.3) is 0 Å². The van der Waals surface area contributed by atoms with Crippen molar-refractivity contribution in [1.29, 1.82) is 0 Å². The molecule has 0 aliphatic carbocycles. The van der Waals surface area contributed by atoms with Crippen molar-refractivity contribution >= 4 is 0 Å². The molecule has 0 saturated carbocycles. The standard InChI is InChI=1S/C20H23NO3/c1-3-18-20(24-14-23-18)15(2)9-10-21-12-16-11-19(22-13-16)17-7-5-4-6-8-17/h3-8,11,13,21H,9-10,12,14H2,1-2H3/b18-3+,20-15-. The van der Waals surface area contributed by atoms with Gasteiger partial charge in [0.2, 0.25) is 6.79 Å². The summed E-state index contributed by atoms with van der Waals surface area (Å²) in [7, 11) is 0. The third-order valence-electron chi connectivity index (χ3n) is 4.01. The summed E-state index contributed by atoms with van der Waals surface area (Å²) in [6.07, 6.45) is 4.67. The van der Waals surface area contributed by atoms with E-state index in [4.69, 9.17) is 13.9 Å². The predicted octanol–water partition coefficient (Wildman–Crippen LogP) is 4.61. The minimum atomic E-state index is 0.317. The second-order valence-electron chi connectivity index (χ2n) is 5.78. The predicted molar refractivity (Wildman–Crippen MR) is 94.0 cm³/mol. The summed E-state index contributed by atoms with van der Waals surface area (Å²) < 4.78 is 16.6. The van der Waals surface area contributed by atoms with Crippen LogP contribution < -0.4 is 5.32 Å². The first-order chi connectivity index (χ1) is 11.8. The molecule has 2 heterocycles. The summed E-state index contributed by atoms with van der Waals surface area (Å²) >= 11 is 0. The van der Waals surface area contributed by atoms with Gasteiger partial charge in [-0.05, 0) is 44.5 Å². The van der Waals surface area contributed by atoms with Crippen LogP contribution in [0, 0.1) is 0 Å². The molecule has 2 aromatic rings. The summed E-state index contributed by atoms with van der Waals surface area (Å²) in [4.78, 5) is 0. The Hall–Kier alpha value is -2.46. The zero-order valence-electron chi connectivity index (χ0n) is 14.2. The highest BCUT2D eigenvalue weighted by molar-refractivity contribution is 5.57. The van der Waals surface area contributed by atoms with E-state index in [2.05, 4.69) is 18.3 Å². The second-order valence-corrected chi connectivity index (χ2v) is 5.78. The van der Waals surface area contributed by atoms with Gasteiger partial charge in [0.1, 0.15) is 5.76 Å². The Kier molecular flexibility index (Phi) is 5.39. The lowest BCUT2D eigenvalue weighted by molar-refractivity contribution is 0.0967. The summed E-state index contributed by atoms with van der Waals surface area (Å²) in [6, 6.07) is 12.2. The van der Waals surface area contributed by atoms with Crippen molar-refractivity contribution in [3.05, 3.63) is 71.4 Å². The number of furan rings is 1. The molecule has 126 valence electrons. The summed E-state index contributed by atoms with van der Waals surface area (Å²) in [5, 5.41) is 3.44. The van der Waals surface area contributed by atoms with Crippen LogP contribution in [-0.4, -0.2) is 13.3 Å². The van der Waals surface area contributed by atoms with E-state index in [0.29, 0.717) is 6.79 Å². The van der Waals surface area contributed by atoms with Gasteiger partial charge < -0.3 is 19.2 Å². The largest absolute Gasteiger partial charge is 0.464 e. The van der Waals surface area contributed by atoms with Crippen molar-refractivity contribution in [2.24, 2.45) is 0 Å². The molecule has 1 aromatic carbocycles. The van der Waals surface area contributed by atoms with E-state index in [-0.39, 0.29) is 0 Å². The van der Waals surface area contributed by atoms with Crippen LogP contribution >= 0.6 is 0 Å². The molecular formula is C20H23NO3. The highest BCUT2D eigenvalue weighted by Gasteiger charge is 2.17. The molecule has 0 atom stereocenters. The molecule has 1 aliphatic rings. The van der Waals surface area contributed by atoms with Gasteiger partial charge in [-0.25, -0.2) is 0 Å². The lowest BCUT2D eigenvalue weighted by Gasteiger charge is -2.06. The molecule has 1 aliphatic heterocycles. The average Bonchev–Trinajstić information content (AvgIpc) is 3.28. The Morgan fingerprint density at radius 1 is 1.21 bits per heavy atom. The van der Waals surface area contributed by atoms with Gasteiger partial charge in [-0.15, -0.1) is 0 Å². The molecule has 0 bridgehead atoms. The van der Waals surface area contributed by atoms with Gasteiger partial charge in [0.05, 0.1) is 6.26 Å². The number of rotatable bonds is 6. The van der Waals surface area contributed by atoms with Crippen molar-refractivity contribution in [3.63, 3.8) is 0 Å². The number of hydrogen-bond donors (Lipinski definition) is 1. The van der Waals surface area contributed by atoms with Crippen molar-refractivity contribution in [2.75, 3.05) is 13.3 Å². The van der Waals surface area contributed by atoms with Gasteiger partial charge in [-0.3, -0.25) is 0 Å². The Bertz CT molecular complexity index is 728. The van der Waals surface area contributed by atoms with Crippen LogP contribution in [0.1, 0.15) is 25.8 Å². The molecule has 1 aromatic heterocycles. The number of ether oxygens (including phenoxy) is 2. The highest BCUT2D eigenvalue weighted by Crippen LogP contribution is 2.25. The van der Waals surface area contributed by atoms with Crippen LogP contribution in [0.25, 0.3) is 11.3 Å². The molecule has 1 saturated heterocycles. The molecule has 1 N–H and O–H groups in total. The minimum Gasteiger partial charge on any atom is -0.464 e. The maximum absolute atomic E-state index is 5.65. The lowest BCUT2D eigenvalue weighted by atomic mass is 10.1. The zero-order chi connectivity index (χ0) is 16.8. The third kappa shape index (κ3) is 3.89. The molecule has 0 amide bonds. The SMILES string of the molecule is C/C=C1/OCO/C1=C(/C)CCNCc1coc(-c2ccccc2)c1. The van der Waals surface area contributed by atoms with Gasteiger partial charge in [0.15, 0.2) is 11.5 Å². The molecule has 1 fully saturated rings. The van der Waals surface area contributed by atoms with Gasteiger partial charge in [-0.2, -0.15) is 0 Å². The molecule has 3 rings (SSSR count). The van der Waals surface area contributed by atoms with Crippen LogP contribution in [-0.2, 0) is 16.0 Å². The van der Waals surface area contributed by atoms with E-state index < -0.39 is 0 Å². The van der Waals surface area contributed by atoms with Gasteiger partial charge in [-0.1, -0.05) is 30.3 Å². The zero-order valence-corrected chi connectivity index (χ0v) is 14.2. The fourth-order valence-electron chi connectivity index (χ4n) is 2.68. The molecular weight excluding hydrogens is 302 g/mol. The van der Waals surface area contributed by atoms with Crippen molar-refractivity contribution in [3.8, 4) is 11.3 Å². The summed E-state index contributed by atoms with van der Waals surface area (Å²) in [6.45, 7) is 6.02. The third-order valence-corrected chi connectivity index (χ3v) is 4.01. The van der Waals surface area contributed by atoms with Crippen molar-refractivity contribution < 1.29 is 13.9 Å². The van der Waals surface area contributed by atoms with E-state index in [1.807, 2.05) is 49.6 Å². The van der Waals surface area contributed by atoms with Crippen LogP contribution in [0.5, 0.6) is 0 Å². The normalized spacial score (nSPS) is 17.7. The molecule has 0 spiro atoms. The van der Waals surface area contributed by atoms with E-state index in [0.717, 1.165) is 47.9 Å². The molecule has 4 heteroatoms. The number of allylic oxidation sites excluding steroid dienone is 1. The quantitative estimate of drug-likeness (QED) is 0.788. The van der Waals surface area contributed by atoms with E-state index >= 15 is 0 Å². The van der Waals surface area contributed by atoms with Crippen LogP contribution in [0.2, 0.25) is 0 Å². The number of hydrogen-bond acceptors (Lipinski definition) is 4. The number of benzene rings is 1. The van der Waals surface area contributed by atoms with Gasteiger partial charge >= 0.3 is 0 Å². The molecule has 4 nitrogen and oxygen atoms in total. The van der Waals surface area contributed by atoms with E-state index in [1.165, 1.54) is 5.57 Å². The van der Waals surface area contributed by atoms with Crippen molar-refractivity contribution in [2.45, 2.75) is 26.8 Å². The van der Waals surface area contributed by atoms with E-state index in [1.54, 1.807) is 0 Å². The highest BCUT2D eigenvalue weighted by atomic mass is 16.7. The van der Waals surface area contributed by atoms with Gasteiger partial charge in [0, 0.05) is 17.7 Å². The average molecular weight is 325 g/mol. The fraction of sp³-hybridized carbons (Fsp3) is 0.300. The molecule has 24 heavy (non-hydrogen) atoms. The summed E-state index contributed by atoms with van der Waals surface area (Å²) in [5.41, 5.74) is 3.45. The molecule has 0 radical (unpaired) electrons. The first-order valence-electron chi connectivity index (χ1n) is 8.23. The van der Waals surface area contributed by atoms with Crippen LogP contribution in [0.15, 0.2) is 70.2 Å². The molecule has 0 unspecified atom stereocenters. The maximum atomic E-state index is 5.65. The summed E-state index contributed by atoms with van der Waals surface area (Å²) in [5.74, 6) is 2.63. The Morgan fingerprint density at radius 3 is 2.83 bits per heavy atom. The topological polar surface area (TPSA) is 43.6 Å². The van der Waals surface area contributed by atoms with Crippen molar-refractivity contribution in [1.82, 2.24) is 5.32 Å². The van der Waals surface area contributed by atoms with Crippen LogP contribution in [0.3, 0.4) is 0 Å². The minimum absolute atomic E-state index is 0.317. The smallest absolute Gasteiger partial charge is 0.231 e. The lowest BCUT2D eigenvalue weighted by Crippen LogP contribution is -2.14. The Balaban J connectivity index is 1.49. The second kappa shape index (κ2) is 7.88.